The largest absolute Gasteiger partial charge is 0.467 e. The second kappa shape index (κ2) is 6.05. The van der Waals surface area contributed by atoms with Gasteiger partial charge >= 0.3 is 0 Å². The van der Waals surface area contributed by atoms with Crippen molar-refractivity contribution >= 4 is 17.3 Å². The third-order valence-corrected chi connectivity index (χ3v) is 3.47. The van der Waals surface area contributed by atoms with Gasteiger partial charge in [-0.05, 0) is 49.0 Å². The van der Waals surface area contributed by atoms with Crippen LogP contribution in [0.4, 0.5) is 0 Å². The maximum absolute atomic E-state index is 5.35. The highest BCUT2D eigenvalue weighted by molar-refractivity contribution is 7.80. The molecule has 1 atom stereocenters. The Morgan fingerprint density at radius 3 is 2.95 bits per heavy atom. The van der Waals surface area contributed by atoms with Crippen LogP contribution in [0.1, 0.15) is 24.3 Å². The summed E-state index contributed by atoms with van der Waals surface area (Å²) in [6.45, 7) is 2.90. The Kier molecular flexibility index (Phi) is 3.96. The van der Waals surface area contributed by atoms with E-state index >= 15 is 0 Å². The second-order valence-electron chi connectivity index (χ2n) is 4.75. The fraction of sp³-hybridized carbons (Fsp3) is 0.267. The number of hydrogen-bond acceptors (Lipinski definition) is 4. The minimum Gasteiger partial charge on any atom is -0.467 e. The van der Waals surface area contributed by atoms with Gasteiger partial charge in [0.25, 0.3) is 0 Å². The molecule has 0 aliphatic carbocycles. The van der Waals surface area contributed by atoms with Gasteiger partial charge in [-0.1, -0.05) is 6.07 Å². The van der Waals surface area contributed by atoms with Crippen LogP contribution >= 0.6 is 12.2 Å². The van der Waals surface area contributed by atoms with E-state index in [1.165, 1.54) is 0 Å². The number of nitrogens with one attached hydrogen (secondary N) is 2. The van der Waals surface area contributed by atoms with Crippen molar-refractivity contribution in [2.75, 3.05) is 6.79 Å². The lowest BCUT2D eigenvalue weighted by molar-refractivity contribution is 0.174. The summed E-state index contributed by atoms with van der Waals surface area (Å²) in [6, 6.07) is 9.64. The van der Waals surface area contributed by atoms with Crippen molar-refractivity contribution in [3.8, 4) is 11.5 Å². The molecule has 3 rings (SSSR count). The normalized spacial score (nSPS) is 13.8. The summed E-state index contributed by atoms with van der Waals surface area (Å²) in [5.74, 6) is 2.41. The van der Waals surface area contributed by atoms with Gasteiger partial charge in [0.15, 0.2) is 16.6 Å². The molecule has 0 unspecified atom stereocenters. The Bertz CT molecular complexity index is 628. The number of rotatable bonds is 4. The van der Waals surface area contributed by atoms with E-state index in [1.807, 2.05) is 37.3 Å². The fourth-order valence-electron chi connectivity index (χ4n) is 2.09. The third kappa shape index (κ3) is 3.28. The van der Waals surface area contributed by atoms with Gasteiger partial charge in [-0.15, -0.1) is 0 Å². The lowest BCUT2D eigenvalue weighted by Gasteiger charge is -2.15. The molecule has 0 amide bonds. The molecular formula is C15H16N2O3S. The van der Waals surface area contributed by atoms with Crippen molar-refractivity contribution in [3.05, 3.63) is 47.9 Å². The molecule has 21 heavy (non-hydrogen) atoms. The quantitative estimate of drug-likeness (QED) is 0.847. The highest BCUT2D eigenvalue weighted by Gasteiger charge is 2.13. The Morgan fingerprint density at radius 1 is 1.29 bits per heavy atom. The molecule has 2 N–H and O–H groups in total. The zero-order valence-electron chi connectivity index (χ0n) is 11.6. The maximum Gasteiger partial charge on any atom is 0.231 e. The first-order valence-electron chi connectivity index (χ1n) is 6.68. The predicted octanol–water partition coefficient (Wildman–Crippen LogP) is 2.73. The van der Waals surface area contributed by atoms with Crippen LogP contribution in [0.3, 0.4) is 0 Å². The first-order valence-corrected chi connectivity index (χ1v) is 7.09. The number of thiocarbonyl (C=S) groups is 1. The SMILES string of the molecule is C[C@@H](NC(=S)NCc1ccc2c(c1)OCO2)c1ccco1. The summed E-state index contributed by atoms with van der Waals surface area (Å²) in [7, 11) is 0. The maximum atomic E-state index is 5.35. The van der Waals surface area contributed by atoms with E-state index in [2.05, 4.69) is 10.6 Å². The molecule has 2 heterocycles. The van der Waals surface area contributed by atoms with Gasteiger partial charge in [0.1, 0.15) is 5.76 Å². The van der Waals surface area contributed by atoms with E-state index in [4.69, 9.17) is 26.1 Å². The van der Waals surface area contributed by atoms with Crippen LogP contribution in [-0.4, -0.2) is 11.9 Å². The van der Waals surface area contributed by atoms with Gasteiger partial charge < -0.3 is 24.5 Å². The van der Waals surface area contributed by atoms with Crippen LogP contribution in [0, 0.1) is 0 Å². The molecule has 2 aromatic rings. The molecule has 0 fully saturated rings. The Morgan fingerprint density at radius 2 is 2.14 bits per heavy atom. The lowest BCUT2D eigenvalue weighted by Crippen LogP contribution is -2.36. The molecule has 1 aliphatic rings. The number of benzene rings is 1. The van der Waals surface area contributed by atoms with Crippen LogP contribution in [0.5, 0.6) is 11.5 Å². The summed E-state index contributed by atoms with van der Waals surface area (Å²) in [5, 5.41) is 6.92. The summed E-state index contributed by atoms with van der Waals surface area (Å²) in [4.78, 5) is 0. The first-order chi connectivity index (χ1) is 10.2. The van der Waals surface area contributed by atoms with Gasteiger partial charge in [0, 0.05) is 6.54 Å². The monoisotopic (exact) mass is 304 g/mol. The van der Waals surface area contributed by atoms with E-state index < -0.39 is 0 Å². The molecule has 1 aromatic heterocycles. The van der Waals surface area contributed by atoms with Crippen molar-refractivity contribution in [2.45, 2.75) is 19.5 Å². The molecule has 1 aliphatic heterocycles. The predicted molar refractivity (Wildman–Crippen MR) is 82.3 cm³/mol. The van der Waals surface area contributed by atoms with E-state index in [0.717, 1.165) is 22.8 Å². The van der Waals surface area contributed by atoms with Gasteiger partial charge in [0.05, 0.1) is 12.3 Å². The standard InChI is InChI=1S/C15H16N2O3S/c1-10(12-3-2-6-18-12)17-15(21)16-8-11-4-5-13-14(7-11)20-9-19-13/h2-7,10H,8-9H2,1H3,(H2,16,17,21)/t10-/m1/s1. The van der Waals surface area contributed by atoms with Crippen molar-refractivity contribution in [1.29, 1.82) is 0 Å². The summed E-state index contributed by atoms with van der Waals surface area (Å²) >= 11 is 5.28. The summed E-state index contributed by atoms with van der Waals surface area (Å²) < 4.78 is 16.0. The Labute approximate surface area is 128 Å². The first kappa shape index (κ1) is 13.8. The zero-order chi connectivity index (χ0) is 14.7. The van der Waals surface area contributed by atoms with Gasteiger partial charge in [-0.3, -0.25) is 0 Å². The molecule has 1 aromatic carbocycles. The smallest absolute Gasteiger partial charge is 0.231 e. The average molecular weight is 304 g/mol. The second-order valence-corrected chi connectivity index (χ2v) is 5.16. The van der Waals surface area contributed by atoms with E-state index in [-0.39, 0.29) is 12.8 Å². The molecule has 110 valence electrons. The Balaban J connectivity index is 1.52. The van der Waals surface area contributed by atoms with Gasteiger partial charge in [0.2, 0.25) is 6.79 Å². The van der Waals surface area contributed by atoms with Crippen molar-refractivity contribution in [1.82, 2.24) is 10.6 Å². The molecule has 0 bridgehead atoms. The molecule has 0 saturated carbocycles. The average Bonchev–Trinajstić information content (AvgIpc) is 3.15. The van der Waals surface area contributed by atoms with Crippen molar-refractivity contribution in [3.63, 3.8) is 0 Å². The van der Waals surface area contributed by atoms with Gasteiger partial charge in [-0.2, -0.15) is 0 Å². The van der Waals surface area contributed by atoms with Crippen LogP contribution in [-0.2, 0) is 6.54 Å². The number of ether oxygens (including phenoxy) is 2. The Hall–Kier alpha value is -2.21. The number of furan rings is 1. The fourth-order valence-corrected chi connectivity index (χ4v) is 2.34. The lowest BCUT2D eigenvalue weighted by atomic mass is 10.2. The van der Waals surface area contributed by atoms with Crippen molar-refractivity contribution in [2.24, 2.45) is 0 Å². The van der Waals surface area contributed by atoms with Gasteiger partial charge in [-0.25, -0.2) is 0 Å². The van der Waals surface area contributed by atoms with Crippen LogP contribution < -0.4 is 20.1 Å². The van der Waals surface area contributed by atoms with E-state index in [9.17, 15) is 0 Å². The minimum absolute atomic E-state index is 0.0248. The molecule has 0 radical (unpaired) electrons. The molecular weight excluding hydrogens is 288 g/mol. The van der Waals surface area contributed by atoms with Crippen LogP contribution in [0.2, 0.25) is 0 Å². The number of hydrogen-bond donors (Lipinski definition) is 2. The highest BCUT2D eigenvalue weighted by atomic mass is 32.1. The highest BCUT2D eigenvalue weighted by Crippen LogP contribution is 2.32. The molecule has 5 nitrogen and oxygen atoms in total. The van der Waals surface area contributed by atoms with Crippen LogP contribution in [0.25, 0.3) is 0 Å². The molecule has 0 saturated heterocycles. The van der Waals surface area contributed by atoms with E-state index in [1.54, 1.807) is 6.26 Å². The summed E-state index contributed by atoms with van der Waals surface area (Å²) in [6.07, 6.45) is 1.65. The topological polar surface area (TPSA) is 55.7 Å². The zero-order valence-corrected chi connectivity index (χ0v) is 12.4. The van der Waals surface area contributed by atoms with Crippen molar-refractivity contribution < 1.29 is 13.9 Å². The molecule has 6 heteroatoms. The number of fused-ring (bicyclic) bond motifs is 1. The van der Waals surface area contributed by atoms with Crippen LogP contribution in [0.15, 0.2) is 41.0 Å². The minimum atomic E-state index is 0.0248. The third-order valence-electron chi connectivity index (χ3n) is 3.21. The summed E-state index contributed by atoms with van der Waals surface area (Å²) in [5.41, 5.74) is 1.08. The molecule has 0 spiro atoms. The van der Waals surface area contributed by atoms with E-state index in [0.29, 0.717) is 11.7 Å².